The highest BCUT2D eigenvalue weighted by atomic mass is 32.2. The smallest absolute Gasteiger partial charge is 0.308 e. The molecule has 2 aromatic carbocycles. The van der Waals surface area contributed by atoms with Crippen LogP contribution in [0.5, 0.6) is 0 Å². The van der Waals surface area contributed by atoms with Gasteiger partial charge in [-0.1, -0.05) is 18.2 Å². The van der Waals surface area contributed by atoms with Gasteiger partial charge in [0.05, 0.1) is 10.5 Å². The molecule has 37 heavy (non-hydrogen) atoms. The molecule has 0 atom stereocenters. The number of carbonyl (C=O) groups excluding carboxylic acids is 1. The number of benzene rings is 2. The number of rotatable bonds is 5. The van der Waals surface area contributed by atoms with E-state index in [1.54, 1.807) is 6.92 Å². The number of nitrogens with zero attached hydrogens (tertiary/aromatic N) is 2. The van der Waals surface area contributed by atoms with Crippen LogP contribution in [0.3, 0.4) is 0 Å². The van der Waals surface area contributed by atoms with E-state index in [9.17, 15) is 34.8 Å². The van der Waals surface area contributed by atoms with Gasteiger partial charge in [-0.25, -0.2) is 22.0 Å². The van der Waals surface area contributed by atoms with Crippen molar-refractivity contribution in [3.8, 4) is 0 Å². The number of alkyl halides is 3. The van der Waals surface area contributed by atoms with Crippen LogP contribution in [0.15, 0.2) is 57.8 Å². The van der Waals surface area contributed by atoms with Gasteiger partial charge in [-0.15, -0.1) is 0 Å². The molecule has 1 fully saturated rings. The van der Waals surface area contributed by atoms with Crippen molar-refractivity contribution >= 4 is 37.9 Å². The van der Waals surface area contributed by atoms with Crippen molar-refractivity contribution in [1.29, 1.82) is 0 Å². The van der Waals surface area contributed by atoms with Gasteiger partial charge in [0.1, 0.15) is 11.4 Å². The quantitative estimate of drug-likeness (QED) is 0.582. The molecule has 1 amide bonds. The van der Waals surface area contributed by atoms with Gasteiger partial charge in [0.2, 0.25) is 20.0 Å². The normalized spacial score (nSPS) is 18.8. The lowest BCUT2D eigenvalue weighted by Gasteiger charge is -2.34. The summed E-state index contributed by atoms with van der Waals surface area (Å²) in [6, 6.07) is 8.52. The number of halogens is 3. The summed E-state index contributed by atoms with van der Waals surface area (Å²) in [5.74, 6) is -0.469. The topological polar surface area (TPSA) is 139 Å². The minimum absolute atomic E-state index is 0.0192. The Hall–Kier alpha value is -3.07. The van der Waals surface area contributed by atoms with Crippen LogP contribution in [-0.2, 0) is 31.0 Å². The van der Waals surface area contributed by atoms with Gasteiger partial charge in [0, 0.05) is 24.1 Å². The van der Waals surface area contributed by atoms with Crippen molar-refractivity contribution in [2.45, 2.75) is 36.4 Å². The predicted octanol–water partition coefficient (Wildman–Crippen LogP) is 2.37. The Kier molecular flexibility index (Phi) is 6.82. The van der Waals surface area contributed by atoms with E-state index < -0.39 is 43.2 Å². The fourth-order valence-corrected chi connectivity index (χ4v) is 5.98. The summed E-state index contributed by atoms with van der Waals surface area (Å²) < 4.78 is 89.1. The summed E-state index contributed by atoms with van der Waals surface area (Å²) in [4.78, 5) is 17.0. The summed E-state index contributed by atoms with van der Waals surface area (Å²) >= 11 is 0. The van der Waals surface area contributed by atoms with Crippen LogP contribution in [0, 0.1) is 6.92 Å². The SMILES string of the molecule is Cc1cc(S(N)(=O)=O)ccc1C=CS(=O)(=O)N1CCC2(CC1)N=C(c1cccc(C(F)(F)F)c1)NC2=O. The maximum Gasteiger partial charge on any atom is 0.416 e. The Morgan fingerprint density at radius 2 is 1.76 bits per heavy atom. The summed E-state index contributed by atoms with van der Waals surface area (Å²) in [6.45, 7) is 1.57. The average Bonchev–Trinajstić information content (AvgIpc) is 3.13. The number of carbonyl (C=O) groups is 1. The highest BCUT2D eigenvalue weighted by Gasteiger charge is 2.47. The van der Waals surface area contributed by atoms with Crippen LogP contribution in [0.25, 0.3) is 6.08 Å². The highest BCUT2D eigenvalue weighted by molar-refractivity contribution is 7.92. The first kappa shape index (κ1) is 27.0. The molecule has 2 aromatic rings. The number of aryl methyl sites for hydroxylation is 1. The Bertz CT molecular complexity index is 1530. The van der Waals surface area contributed by atoms with E-state index in [-0.39, 0.29) is 42.2 Å². The molecule has 14 heteroatoms. The van der Waals surface area contributed by atoms with Crippen LogP contribution < -0.4 is 10.5 Å². The van der Waals surface area contributed by atoms with Gasteiger partial charge < -0.3 is 5.32 Å². The molecule has 0 saturated carbocycles. The van der Waals surface area contributed by atoms with Crippen LogP contribution in [0.4, 0.5) is 13.2 Å². The first-order valence-electron chi connectivity index (χ1n) is 11.0. The predicted molar refractivity (Wildman–Crippen MR) is 130 cm³/mol. The van der Waals surface area contributed by atoms with E-state index in [1.165, 1.54) is 40.7 Å². The van der Waals surface area contributed by atoms with Crippen LogP contribution in [0.1, 0.15) is 35.1 Å². The molecule has 1 spiro atoms. The van der Waals surface area contributed by atoms with Crippen molar-refractivity contribution < 1.29 is 34.8 Å². The van der Waals surface area contributed by atoms with Gasteiger partial charge in [-0.05, 0) is 61.2 Å². The van der Waals surface area contributed by atoms with E-state index in [2.05, 4.69) is 10.3 Å². The van der Waals surface area contributed by atoms with Crippen molar-refractivity contribution in [2.24, 2.45) is 10.1 Å². The third-order valence-electron chi connectivity index (χ3n) is 6.34. The zero-order valence-corrected chi connectivity index (χ0v) is 21.1. The van der Waals surface area contributed by atoms with Gasteiger partial charge in [-0.3, -0.25) is 9.79 Å². The molecule has 0 bridgehead atoms. The van der Waals surface area contributed by atoms with Crippen LogP contribution in [-0.4, -0.2) is 51.5 Å². The number of piperidine rings is 1. The monoisotopic (exact) mass is 556 g/mol. The van der Waals surface area contributed by atoms with Gasteiger partial charge >= 0.3 is 6.18 Å². The van der Waals surface area contributed by atoms with Crippen molar-refractivity contribution in [3.63, 3.8) is 0 Å². The lowest BCUT2D eigenvalue weighted by Crippen LogP contribution is -2.50. The molecule has 1 saturated heterocycles. The molecule has 9 nitrogen and oxygen atoms in total. The number of amidine groups is 1. The van der Waals surface area contributed by atoms with Gasteiger partial charge in [0.15, 0.2) is 0 Å². The number of primary sulfonamides is 1. The molecule has 2 aliphatic heterocycles. The number of aliphatic imine (C=N–C) groups is 1. The summed E-state index contributed by atoms with van der Waals surface area (Å²) in [5.41, 5.74) is -1.03. The second kappa shape index (κ2) is 9.35. The van der Waals surface area contributed by atoms with E-state index >= 15 is 0 Å². The molecular formula is C23H23F3N4O5S2. The molecule has 4 rings (SSSR count). The van der Waals surface area contributed by atoms with Crippen molar-refractivity contribution in [2.75, 3.05) is 13.1 Å². The molecular weight excluding hydrogens is 533 g/mol. The zero-order chi connectivity index (χ0) is 27.2. The molecule has 2 heterocycles. The number of sulfonamides is 2. The average molecular weight is 557 g/mol. The fourth-order valence-electron chi connectivity index (χ4n) is 4.20. The minimum atomic E-state index is -4.55. The van der Waals surface area contributed by atoms with Crippen LogP contribution in [0.2, 0.25) is 0 Å². The Balaban J connectivity index is 1.49. The first-order chi connectivity index (χ1) is 17.1. The lowest BCUT2D eigenvalue weighted by atomic mass is 9.89. The molecule has 2 aliphatic rings. The largest absolute Gasteiger partial charge is 0.416 e. The summed E-state index contributed by atoms with van der Waals surface area (Å²) in [7, 11) is -7.78. The Morgan fingerprint density at radius 1 is 1.08 bits per heavy atom. The number of nitrogens with one attached hydrogen (secondary N) is 1. The Morgan fingerprint density at radius 3 is 2.35 bits per heavy atom. The number of amides is 1. The Labute approximate surface area is 212 Å². The third kappa shape index (κ3) is 5.61. The second-order valence-corrected chi connectivity index (χ2v) is 12.2. The first-order valence-corrected chi connectivity index (χ1v) is 14.1. The van der Waals surface area contributed by atoms with E-state index in [0.717, 1.165) is 17.5 Å². The van der Waals surface area contributed by atoms with Crippen LogP contribution >= 0.6 is 0 Å². The maximum absolute atomic E-state index is 13.1. The third-order valence-corrected chi connectivity index (χ3v) is 8.82. The number of hydrogen-bond donors (Lipinski definition) is 2. The standard InChI is InChI=1S/C23H23F3N4O5S2/c1-15-13-19(37(27,34)35)6-5-16(15)7-12-36(32,33)30-10-8-22(9-11-30)21(31)28-20(29-22)17-3-2-4-18(14-17)23(24,25)26/h2-7,12-14H,8-11H2,1H3,(H2,27,34,35)(H,28,29,31). The van der Waals surface area contributed by atoms with Crippen molar-refractivity contribution in [1.82, 2.24) is 9.62 Å². The number of nitrogens with two attached hydrogens (primary N) is 1. The molecule has 3 N–H and O–H groups in total. The highest BCUT2D eigenvalue weighted by Crippen LogP contribution is 2.34. The summed E-state index contributed by atoms with van der Waals surface area (Å²) in [5, 5.41) is 8.65. The fraction of sp³-hybridized carbons (Fsp3) is 0.304. The molecule has 198 valence electrons. The summed E-state index contributed by atoms with van der Waals surface area (Å²) in [6.07, 6.45) is -3.10. The number of hydrogen-bond acceptors (Lipinski definition) is 6. The van der Waals surface area contributed by atoms with Gasteiger partial charge in [-0.2, -0.15) is 17.5 Å². The molecule has 0 aromatic heterocycles. The second-order valence-electron chi connectivity index (χ2n) is 8.83. The van der Waals surface area contributed by atoms with E-state index in [4.69, 9.17) is 5.14 Å². The molecule has 0 unspecified atom stereocenters. The zero-order valence-electron chi connectivity index (χ0n) is 19.5. The minimum Gasteiger partial charge on any atom is -0.308 e. The van der Waals surface area contributed by atoms with Gasteiger partial charge in [0.25, 0.3) is 5.91 Å². The molecule has 0 radical (unpaired) electrons. The maximum atomic E-state index is 13.1. The van der Waals surface area contributed by atoms with Crippen molar-refractivity contribution in [3.05, 3.63) is 70.1 Å². The van der Waals surface area contributed by atoms with E-state index in [1.807, 2.05) is 0 Å². The lowest BCUT2D eigenvalue weighted by molar-refractivity contribution is -0.137. The van der Waals surface area contributed by atoms with E-state index in [0.29, 0.717) is 11.1 Å². The molecule has 0 aliphatic carbocycles.